The molecule has 0 aliphatic heterocycles. The maximum atomic E-state index is 13.2. The third kappa shape index (κ3) is 4.68. The molecule has 1 amide bonds. The molecule has 0 bridgehead atoms. The number of nitriles is 1. The van der Waals surface area contributed by atoms with Crippen LogP contribution in [0.25, 0.3) is 0 Å². The summed E-state index contributed by atoms with van der Waals surface area (Å²) in [6.07, 6.45) is 2.58. The molecule has 2 N–H and O–H groups in total. The van der Waals surface area contributed by atoms with Crippen LogP contribution >= 0.6 is 0 Å². The fourth-order valence-corrected chi connectivity index (χ4v) is 1.78. The molecular formula is C14H16FN3O. The molecule has 1 aromatic carbocycles. The van der Waals surface area contributed by atoms with Gasteiger partial charge in [0, 0.05) is 25.6 Å². The Kier molecular flexibility index (Phi) is 4.48. The van der Waals surface area contributed by atoms with Crippen LogP contribution in [0, 0.1) is 17.1 Å². The highest BCUT2D eigenvalue weighted by molar-refractivity contribution is 5.76. The van der Waals surface area contributed by atoms with E-state index in [1.807, 2.05) is 6.07 Å². The zero-order chi connectivity index (χ0) is 13.7. The summed E-state index contributed by atoms with van der Waals surface area (Å²) in [5.41, 5.74) is 1.02. The summed E-state index contributed by atoms with van der Waals surface area (Å²) in [5.74, 6) is -0.366. The fourth-order valence-electron chi connectivity index (χ4n) is 1.78. The van der Waals surface area contributed by atoms with Crippen LogP contribution in [-0.2, 0) is 11.3 Å². The van der Waals surface area contributed by atoms with Crippen LogP contribution in [0.4, 0.5) is 4.39 Å². The second-order valence-electron chi connectivity index (χ2n) is 4.73. The van der Waals surface area contributed by atoms with Gasteiger partial charge >= 0.3 is 0 Å². The first-order chi connectivity index (χ1) is 9.17. The van der Waals surface area contributed by atoms with Crippen molar-refractivity contribution in [2.75, 3.05) is 6.54 Å². The maximum absolute atomic E-state index is 13.2. The molecular weight excluding hydrogens is 245 g/mol. The molecule has 1 fully saturated rings. The van der Waals surface area contributed by atoms with E-state index < -0.39 is 5.82 Å². The highest BCUT2D eigenvalue weighted by atomic mass is 19.1. The summed E-state index contributed by atoms with van der Waals surface area (Å²) in [5, 5.41) is 14.7. The van der Waals surface area contributed by atoms with Crippen molar-refractivity contribution in [2.45, 2.75) is 31.8 Å². The summed E-state index contributed by atoms with van der Waals surface area (Å²) >= 11 is 0. The van der Waals surface area contributed by atoms with Gasteiger partial charge in [0.25, 0.3) is 0 Å². The summed E-state index contributed by atoms with van der Waals surface area (Å²) in [6.45, 7) is 0.986. The zero-order valence-corrected chi connectivity index (χ0v) is 10.6. The monoisotopic (exact) mass is 261 g/mol. The van der Waals surface area contributed by atoms with Crippen molar-refractivity contribution in [1.82, 2.24) is 10.6 Å². The van der Waals surface area contributed by atoms with Gasteiger partial charge in [-0.25, -0.2) is 4.39 Å². The molecule has 19 heavy (non-hydrogen) atoms. The number of carbonyl (C=O) groups is 1. The van der Waals surface area contributed by atoms with Crippen LogP contribution in [0.2, 0.25) is 0 Å². The largest absolute Gasteiger partial charge is 0.353 e. The van der Waals surface area contributed by atoms with Gasteiger partial charge in [0.1, 0.15) is 5.82 Å². The van der Waals surface area contributed by atoms with Crippen LogP contribution in [-0.4, -0.2) is 18.5 Å². The van der Waals surface area contributed by atoms with E-state index in [-0.39, 0.29) is 5.91 Å². The maximum Gasteiger partial charge on any atom is 0.221 e. The van der Waals surface area contributed by atoms with Gasteiger partial charge in [-0.1, -0.05) is 0 Å². The average molecular weight is 261 g/mol. The smallest absolute Gasteiger partial charge is 0.221 e. The molecule has 0 unspecified atom stereocenters. The van der Waals surface area contributed by atoms with E-state index in [1.165, 1.54) is 12.1 Å². The van der Waals surface area contributed by atoms with Gasteiger partial charge in [0.15, 0.2) is 0 Å². The van der Waals surface area contributed by atoms with Crippen molar-refractivity contribution in [1.29, 1.82) is 5.26 Å². The normalized spacial score (nSPS) is 13.9. The molecule has 0 spiro atoms. The third-order valence-corrected chi connectivity index (χ3v) is 2.89. The Bertz CT molecular complexity index is 506. The van der Waals surface area contributed by atoms with E-state index in [0.717, 1.165) is 12.8 Å². The number of nitrogens with one attached hydrogen (secondary N) is 2. The lowest BCUT2D eigenvalue weighted by molar-refractivity contribution is -0.121. The van der Waals surface area contributed by atoms with E-state index in [0.29, 0.717) is 36.7 Å². The van der Waals surface area contributed by atoms with E-state index in [9.17, 15) is 9.18 Å². The van der Waals surface area contributed by atoms with Crippen molar-refractivity contribution in [3.8, 4) is 6.07 Å². The first-order valence-corrected chi connectivity index (χ1v) is 6.37. The van der Waals surface area contributed by atoms with Crippen molar-refractivity contribution in [3.05, 3.63) is 35.1 Å². The first kappa shape index (κ1) is 13.5. The predicted octanol–water partition coefficient (Wildman–Crippen LogP) is 1.46. The lowest BCUT2D eigenvalue weighted by Crippen LogP contribution is -2.29. The van der Waals surface area contributed by atoms with E-state index >= 15 is 0 Å². The van der Waals surface area contributed by atoms with Gasteiger partial charge in [-0.15, -0.1) is 0 Å². The Balaban J connectivity index is 1.71. The lowest BCUT2D eigenvalue weighted by atomic mass is 10.1. The van der Waals surface area contributed by atoms with E-state index in [4.69, 9.17) is 5.26 Å². The molecule has 2 rings (SSSR count). The minimum atomic E-state index is -0.415. The molecule has 100 valence electrons. The highest BCUT2D eigenvalue weighted by Gasteiger charge is 2.22. The van der Waals surface area contributed by atoms with E-state index in [1.54, 1.807) is 6.07 Å². The number of rotatable bonds is 6. The van der Waals surface area contributed by atoms with Gasteiger partial charge in [0.2, 0.25) is 5.91 Å². The van der Waals surface area contributed by atoms with Crippen molar-refractivity contribution >= 4 is 5.91 Å². The molecule has 1 aromatic rings. The molecule has 1 aliphatic carbocycles. The number of amides is 1. The van der Waals surface area contributed by atoms with Gasteiger partial charge in [-0.3, -0.25) is 4.79 Å². The average Bonchev–Trinajstić information content (AvgIpc) is 3.18. The summed E-state index contributed by atoms with van der Waals surface area (Å²) < 4.78 is 13.2. The van der Waals surface area contributed by atoms with Gasteiger partial charge < -0.3 is 10.6 Å². The van der Waals surface area contributed by atoms with Crippen LogP contribution in [0.3, 0.4) is 0 Å². The van der Waals surface area contributed by atoms with Gasteiger partial charge in [-0.2, -0.15) is 5.26 Å². The van der Waals surface area contributed by atoms with Crippen LogP contribution in [0.1, 0.15) is 30.4 Å². The molecule has 1 aliphatic rings. The Hall–Kier alpha value is -1.93. The number of nitrogens with zero attached hydrogens (tertiary/aromatic N) is 1. The second kappa shape index (κ2) is 6.30. The molecule has 0 heterocycles. The summed E-state index contributed by atoms with van der Waals surface area (Å²) in [7, 11) is 0. The van der Waals surface area contributed by atoms with Gasteiger partial charge in [0.05, 0.1) is 11.6 Å². The first-order valence-electron chi connectivity index (χ1n) is 6.37. The number of hydrogen-bond acceptors (Lipinski definition) is 3. The van der Waals surface area contributed by atoms with E-state index in [2.05, 4.69) is 10.6 Å². The number of halogens is 1. The number of hydrogen-bond donors (Lipinski definition) is 2. The molecule has 4 nitrogen and oxygen atoms in total. The SMILES string of the molecule is N#Cc1cc(F)cc(CNCCC(=O)NC2CC2)c1. The second-order valence-corrected chi connectivity index (χ2v) is 4.73. The molecule has 0 atom stereocenters. The molecule has 0 saturated heterocycles. The summed E-state index contributed by atoms with van der Waals surface area (Å²) in [4.78, 5) is 11.4. The number of benzene rings is 1. The molecule has 0 aromatic heterocycles. The molecule has 1 saturated carbocycles. The van der Waals surface area contributed by atoms with Crippen molar-refractivity contribution < 1.29 is 9.18 Å². The lowest BCUT2D eigenvalue weighted by Gasteiger charge is -2.06. The zero-order valence-electron chi connectivity index (χ0n) is 10.6. The van der Waals surface area contributed by atoms with Crippen molar-refractivity contribution in [3.63, 3.8) is 0 Å². The molecule has 5 heteroatoms. The van der Waals surface area contributed by atoms with Crippen molar-refractivity contribution in [2.24, 2.45) is 0 Å². The Morgan fingerprint density at radius 1 is 1.42 bits per heavy atom. The quantitative estimate of drug-likeness (QED) is 0.762. The highest BCUT2D eigenvalue weighted by Crippen LogP contribution is 2.18. The topological polar surface area (TPSA) is 64.9 Å². The minimum absolute atomic E-state index is 0.0481. The Morgan fingerprint density at radius 2 is 2.21 bits per heavy atom. The fraction of sp³-hybridized carbons (Fsp3) is 0.429. The summed E-state index contributed by atoms with van der Waals surface area (Å²) in [6, 6.07) is 6.52. The third-order valence-electron chi connectivity index (χ3n) is 2.89. The van der Waals surface area contributed by atoms with Gasteiger partial charge in [-0.05, 0) is 36.6 Å². The Labute approximate surface area is 111 Å². The molecule has 0 radical (unpaired) electrons. The minimum Gasteiger partial charge on any atom is -0.353 e. The standard InChI is InChI=1S/C14H16FN3O/c15-12-6-10(8-16)5-11(7-12)9-17-4-3-14(19)18-13-1-2-13/h5-7,13,17H,1-4,9H2,(H,18,19). The van der Waals surface area contributed by atoms with Crippen LogP contribution < -0.4 is 10.6 Å². The van der Waals surface area contributed by atoms with Crippen LogP contribution in [0.15, 0.2) is 18.2 Å². The Morgan fingerprint density at radius 3 is 2.89 bits per heavy atom. The number of carbonyl (C=O) groups excluding carboxylic acids is 1. The van der Waals surface area contributed by atoms with Crippen LogP contribution in [0.5, 0.6) is 0 Å². The predicted molar refractivity (Wildman–Crippen MR) is 68.6 cm³/mol.